The van der Waals surface area contributed by atoms with Crippen molar-refractivity contribution in [2.45, 2.75) is 32.1 Å². The average Bonchev–Trinajstić information content (AvgIpc) is 3.24. The number of rotatable bonds is 5. The number of ketones is 1. The number of Topliss-reactive ketones (excluding diaryl/α,β-unsaturated/α-hetero) is 1. The lowest BCUT2D eigenvalue weighted by Gasteiger charge is -2.26. The third kappa shape index (κ3) is 4.43. The van der Waals surface area contributed by atoms with Gasteiger partial charge in [0.1, 0.15) is 17.2 Å². The summed E-state index contributed by atoms with van der Waals surface area (Å²) in [6.07, 6.45) is 5.04. The van der Waals surface area contributed by atoms with Crippen LogP contribution in [-0.4, -0.2) is 21.7 Å². The van der Waals surface area contributed by atoms with Crippen molar-refractivity contribution in [1.29, 1.82) is 0 Å². The van der Waals surface area contributed by atoms with Gasteiger partial charge in [-0.1, -0.05) is 50.2 Å². The fraction of sp³-hybridized carbons (Fsp3) is 0.161. The standard InChI is InChI=1S/C31H24N2O5/c1-18(2)20-9-7-19(8-10-20)15-26-29(35)23-11-12-25-28(30(23)38-26)24(17-27(34)37-25)21-5-3-6-22(16-21)36-31-32-13-4-14-33-31/h3-16,18,24H,17H2,1-2H3/b26-15-/t24-/m1/s1. The molecule has 2 aliphatic rings. The molecule has 4 aromatic rings. The van der Waals surface area contributed by atoms with Crippen molar-refractivity contribution in [3.05, 3.63) is 113 Å². The third-order valence-corrected chi connectivity index (χ3v) is 6.69. The molecule has 2 aliphatic heterocycles. The second-order valence-electron chi connectivity index (χ2n) is 9.55. The van der Waals surface area contributed by atoms with E-state index >= 15 is 0 Å². The summed E-state index contributed by atoms with van der Waals surface area (Å²) < 4.78 is 17.5. The lowest BCUT2D eigenvalue weighted by atomic mass is 9.84. The number of carbonyl (C=O) groups excluding carboxylic acids is 2. The first-order valence-corrected chi connectivity index (χ1v) is 12.4. The number of allylic oxidation sites excluding steroid dienone is 1. The summed E-state index contributed by atoms with van der Waals surface area (Å²) in [5.41, 5.74) is 4.03. The molecule has 0 aliphatic carbocycles. The van der Waals surface area contributed by atoms with Crippen LogP contribution in [0.1, 0.15) is 64.7 Å². The Labute approximate surface area is 219 Å². The number of aromatic nitrogens is 2. The molecule has 3 heterocycles. The van der Waals surface area contributed by atoms with E-state index < -0.39 is 0 Å². The highest BCUT2D eigenvalue weighted by Gasteiger charge is 2.38. The van der Waals surface area contributed by atoms with Crippen LogP contribution in [0.15, 0.2) is 84.9 Å². The van der Waals surface area contributed by atoms with E-state index in [1.165, 1.54) is 5.56 Å². The van der Waals surface area contributed by atoms with Gasteiger partial charge in [0.2, 0.25) is 5.78 Å². The number of ether oxygens (including phenoxy) is 3. The number of carbonyl (C=O) groups is 2. The van der Waals surface area contributed by atoms with Crippen LogP contribution in [0.4, 0.5) is 0 Å². The Morgan fingerprint density at radius 2 is 1.74 bits per heavy atom. The van der Waals surface area contributed by atoms with Crippen molar-refractivity contribution < 1.29 is 23.8 Å². The van der Waals surface area contributed by atoms with Crippen molar-refractivity contribution in [3.8, 4) is 23.3 Å². The monoisotopic (exact) mass is 504 g/mol. The minimum Gasteiger partial charge on any atom is -0.452 e. The molecule has 0 radical (unpaired) electrons. The van der Waals surface area contributed by atoms with Crippen LogP contribution in [0.2, 0.25) is 0 Å². The molecule has 0 saturated carbocycles. The van der Waals surface area contributed by atoms with Crippen molar-refractivity contribution in [2.24, 2.45) is 0 Å². The van der Waals surface area contributed by atoms with Crippen molar-refractivity contribution in [1.82, 2.24) is 9.97 Å². The predicted molar refractivity (Wildman–Crippen MR) is 141 cm³/mol. The molecule has 1 atom stereocenters. The average molecular weight is 505 g/mol. The fourth-order valence-electron chi connectivity index (χ4n) is 4.76. The van der Waals surface area contributed by atoms with Gasteiger partial charge < -0.3 is 14.2 Å². The van der Waals surface area contributed by atoms with E-state index in [9.17, 15) is 9.59 Å². The highest BCUT2D eigenvalue weighted by atomic mass is 16.5. The molecule has 7 heteroatoms. The van der Waals surface area contributed by atoms with E-state index in [2.05, 4.69) is 35.9 Å². The summed E-state index contributed by atoms with van der Waals surface area (Å²) in [6.45, 7) is 4.27. The molecular weight excluding hydrogens is 480 g/mol. The van der Waals surface area contributed by atoms with Gasteiger partial charge in [-0.2, -0.15) is 0 Å². The van der Waals surface area contributed by atoms with Crippen LogP contribution in [0, 0.1) is 0 Å². The Balaban J connectivity index is 1.36. The van der Waals surface area contributed by atoms with Crippen LogP contribution < -0.4 is 14.2 Å². The molecule has 3 aromatic carbocycles. The summed E-state index contributed by atoms with van der Waals surface area (Å²) in [7, 11) is 0. The number of hydrogen-bond donors (Lipinski definition) is 0. The van der Waals surface area contributed by atoms with Gasteiger partial charge in [0.25, 0.3) is 0 Å². The SMILES string of the molecule is CC(C)c1ccc(/C=C2\Oc3c(ccc4c3[C@@H](c3cccc(Oc5ncccn5)c3)CC(=O)O4)C2=O)cc1. The number of fused-ring (bicyclic) bond motifs is 3. The first-order valence-electron chi connectivity index (χ1n) is 12.4. The molecule has 7 nitrogen and oxygen atoms in total. The summed E-state index contributed by atoms with van der Waals surface area (Å²) in [6, 6.07) is 20.7. The predicted octanol–water partition coefficient (Wildman–Crippen LogP) is 6.45. The first-order chi connectivity index (χ1) is 18.5. The lowest BCUT2D eigenvalue weighted by molar-refractivity contribution is -0.135. The van der Waals surface area contributed by atoms with Crippen LogP contribution in [0.25, 0.3) is 6.08 Å². The molecule has 1 aromatic heterocycles. The van der Waals surface area contributed by atoms with Crippen molar-refractivity contribution in [2.75, 3.05) is 0 Å². The van der Waals surface area contributed by atoms with Crippen LogP contribution in [-0.2, 0) is 4.79 Å². The van der Waals surface area contributed by atoms with E-state index in [1.54, 1.807) is 42.7 Å². The molecule has 6 rings (SSSR count). The molecule has 188 valence electrons. The normalized spacial score (nSPS) is 17.1. The molecule has 0 saturated heterocycles. The third-order valence-electron chi connectivity index (χ3n) is 6.69. The highest BCUT2D eigenvalue weighted by Crippen LogP contribution is 2.49. The van der Waals surface area contributed by atoms with Gasteiger partial charge in [-0.25, -0.2) is 9.97 Å². The number of benzene rings is 3. The Hall–Kier alpha value is -4.78. The zero-order chi connectivity index (χ0) is 26.2. The topological polar surface area (TPSA) is 87.6 Å². The Morgan fingerprint density at radius 3 is 2.50 bits per heavy atom. The van der Waals surface area contributed by atoms with Gasteiger partial charge in [-0.05, 0) is 59.0 Å². The molecule has 0 fully saturated rings. The van der Waals surface area contributed by atoms with Crippen molar-refractivity contribution >= 4 is 17.8 Å². The Bertz CT molecular complexity index is 1580. The lowest BCUT2D eigenvalue weighted by Crippen LogP contribution is -2.21. The second kappa shape index (κ2) is 9.59. The largest absolute Gasteiger partial charge is 0.452 e. The van der Waals surface area contributed by atoms with Crippen LogP contribution >= 0.6 is 0 Å². The minimum atomic E-state index is -0.390. The second-order valence-corrected chi connectivity index (χ2v) is 9.55. The molecule has 0 spiro atoms. The zero-order valence-electron chi connectivity index (χ0n) is 20.9. The fourth-order valence-corrected chi connectivity index (χ4v) is 4.76. The highest BCUT2D eigenvalue weighted by molar-refractivity contribution is 6.15. The molecule has 0 unspecified atom stereocenters. The summed E-state index contributed by atoms with van der Waals surface area (Å²) in [4.78, 5) is 34.0. The maximum atomic E-state index is 13.3. The van der Waals surface area contributed by atoms with E-state index in [-0.39, 0.29) is 35.9 Å². The molecular formula is C31H24N2O5. The number of nitrogens with zero attached hydrogens (tertiary/aromatic N) is 2. The first kappa shape index (κ1) is 23.6. The Morgan fingerprint density at radius 1 is 0.947 bits per heavy atom. The molecule has 0 N–H and O–H groups in total. The van der Waals surface area contributed by atoms with Crippen LogP contribution in [0.3, 0.4) is 0 Å². The summed E-state index contributed by atoms with van der Waals surface area (Å²) >= 11 is 0. The van der Waals surface area contributed by atoms with Gasteiger partial charge in [0, 0.05) is 23.9 Å². The zero-order valence-corrected chi connectivity index (χ0v) is 20.9. The van der Waals surface area contributed by atoms with E-state index in [0.29, 0.717) is 34.3 Å². The quantitative estimate of drug-likeness (QED) is 0.175. The van der Waals surface area contributed by atoms with Crippen molar-refractivity contribution in [3.63, 3.8) is 0 Å². The van der Waals surface area contributed by atoms with Gasteiger partial charge >= 0.3 is 12.0 Å². The minimum absolute atomic E-state index is 0.0992. The Kier molecular flexibility index (Phi) is 5.96. The maximum Gasteiger partial charge on any atom is 0.321 e. The summed E-state index contributed by atoms with van der Waals surface area (Å²) in [5.74, 6) is 1.05. The van der Waals surface area contributed by atoms with Gasteiger partial charge in [-0.3, -0.25) is 9.59 Å². The van der Waals surface area contributed by atoms with E-state index in [4.69, 9.17) is 14.2 Å². The van der Waals surface area contributed by atoms with E-state index in [1.807, 2.05) is 30.3 Å². The molecule has 0 amide bonds. The summed E-state index contributed by atoms with van der Waals surface area (Å²) in [5, 5.41) is 0. The van der Waals surface area contributed by atoms with Gasteiger partial charge in [0.15, 0.2) is 5.76 Å². The number of hydrogen-bond acceptors (Lipinski definition) is 7. The van der Waals surface area contributed by atoms with Gasteiger partial charge in [0.05, 0.1) is 12.0 Å². The molecule has 38 heavy (non-hydrogen) atoms. The maximum absolute atomic E-state index is 13.3. The van der Waals surface area contributed by atoms with Crippen LogP contribution in [0.5, 0.6) is 23.3 Å². The smallest absolute Gasteiger partial charge is 0.321 e. The van der Waals surface area contributed by atoms with E-state index in [0.717, 1.165) is 11.1 Å². The molecule has 0 bridgehead atoms. The number of esters is 1. The van der Waals surface area contributed by atoms with Gasteiger partial charge in [-0.15, -0.1) is 0 Å².